The molecule has 0 saturated carbocycles. The minimum Gasteiger partial charge on any atom is -0.366 e. The van der Waals surface area contributed by atoms with E-state index >= 15 is 0 Å². The number of hydrogen-bond donors (Lipinski definition) is 0. The third-order valence-corrected chi connectivity index (χ3v) is 5.56. The summed E-state index contributed by atoms with van der Waals surface area (Å²) < 4.78 is 11.5. The standard InChI is InChI=1S/C22H27N3O3/c1-2-24(17-18-6-4-3-5-7-18)20-14-19(15-23-16-20)21(26)25-10-8-22(9-11-25)27-12-13-28-22/h3-7,14-16H,2,8-13,17H2,1H3. The molecule has 6 heteroatoms. The number of rotatable bonds is 5. The van der Waals surface area contributed by atoms with E-state index in [-0.39, 0.29) is 5.91 Å². The Labute approximate surface area is 166 Å². The Morgan fingerprint density at radius 3 is 2.54 bits per heavy atom. The first-order chi connectivity index (χ1) is 13.7. The number of pyridine rings is 1. The zero-order chi connectivity index (χ0) is 19.4. The summed E-state index contributed by atoms with van der Waals surface area (Å²) in [5.74, 6) is -0.441. The van der Waals surface area contributed by atoms with Gasteiger partial charge in [-0.3, -0.25) is 9.78 Å². The summed E-state index contributed by atoms with van der Waals surface area (Å²) in [6.07, 6.45) is 4.94. The molecular weight excluding hydrogens is 354 g/mol. The van der Waals surface area contributed by atoms with Crippen LogP contribution < -0.4 is 4.90 Å². The normalized spacial score (nSPS) is 18.4. The van der Waals surface area contributed by atoms with Gasteiger partial charge in [0.05, 0.1) is 30.7 Å². The number of amides is 1. The van der Waals surface area contributed by atoms with Gasteiger partial charge in [0.25, 0.3) is 5.91 Å². The number of ether oxygens (including phenoxy) is 2. The van der Waals surface area contributed by atoms with Gasteiger partial charge in [-0.15, -0.1) is 0 Å². The lowest BCUT2D eigenvalue weighted by atomic mass is 10.0. The van der Waals surface area contributed by atoms with Crippen molar-refractivity contribution in [2.45, 2.75) is 32.1 Å². The van der Waals surface area contributed by atoms with Gasteiger partial charge in [-0.1, -0.05) is 30.3 Å². The van der Waals surface area contributed by atoms with Crippen molar-refractivity contribution in [3.8, 4) is 0 Å². The maximum Gasteiger partial charge on any atom is 0.255 e. The van der Waals surface area contributed by atoms with Crippen LogP contribution in [0, 0.1) is 0 Å². The van der Waals surface area contributed by atoms with Crippen LogP contribution in [0.25, 0.3) is 0 Å². The molecule has 2 aliphatic heterocycles. The lowest BCUT2D eigenvalue weighted by Crippen LogP contribution is -2.47. The van der Waals surface area contributed by atoms with Crippen LogP contribution >= 0.6 is 0 Å². The number of carbonyl (C=O) groups is 1. The maximum absolute atomic E-state index is 13.0. The molecule has 1 amide bonds. The van der Waals surface area contributed by atoms with Crippen molar-refractivity contribution in [1.29, 1.82) is 0 Å². The van der Waals surface area contributed by atoms with E-state index in [1.54, 1.807) is 6.20 Å². The second-order valence-corrected chi connectivity index (χ2v) is 7.33. The van der Waals surface area contributed by atoms with Crippen molar-refractivity contribution in [2.75, 3.05) is 37.7 Å². The molecule has 0 N–H and O–H groups in total. The highest BCUT2D eigenvalue weighted by atomic mass is 16.7. The predicted molar refractivity (Wildman–Crippen MR) is 107 cm³/mol. The minimum atomic E-state index is -0.467. The largest absolute Gasteiger partial charge is 0.366 e. The highest BCUT2D eigenvalue weighted by Crippen LogP contribution is 2.32. The van der Waals surface area contributed by atoms with Crippen LogP contribution in [0.4, 0.5) is 5.69 Å². The summed E-state index contributed by atoms with van der Waals surface area (Å²) in [5, 5.41) is 0. The zero-order valence-electron chi connectivity index (χ0n) is 16.3. The maximum atomic E-state index is 13.0. The summed E-state index contributed by atoms with van der Waals surface area (Å²) in [6.45, 7) is 6.33. The van der Waals surface area contributed by atoms with Gasteiger partial charge in [0.2, 0.25) is 0 Å². The molecule has 2 fully saturated rings. The second kappa shape index (κ2) is 8.29. The van der Waals surface area contributed by atoms with E-state index < -0.39 is 5.79 Å². The van der Waals surface area contributed by atoms with Gasteiger partial charge in [-0.25, -0.2) is 0 Å². The Morgan fingerprint density at radius 2 is 1.86 bits per heavy atom. The summed E-state index contributed by atoms with van der Waals surface area (Å²) >= 11 is 0. The fourth-order valence-electron chi connectivity index (χ4n) is 3.93. The number of benzene rings is 1. The molecule has 4 rings (SSSR count). The molecule has 1 aromatic carbocycles. The number of piperidine rings is 1. The van der Waals surface area contributed by atoms with Crippen LogP contribution in [0.3, 0.4) is 0 Å². The van der Waals surface area contributed by atoms with E-state index in [0.717, 1.165) is 31.6 Å². The Balaban J connectivity index is 1.44. The molecule has 28 heavy (non-hydrogen) atoms. The first-order valence-electron chi connectivity index (χ1n) is 10.0. The summed E-state index contributed by atoms with van der Waals surface area (Å²) in [5.41, 5.74) is 2.83. The van der Waals surface area contributed by atoms with E-state index in [1.807, 2.05) is 35.4 Å². The monoisotopic (exact) mass is 381 g/mol. The molecule has 2 aliphatic rings. The van der Waals surface area contributed by atoms with E-state index in [2.05, 4.69) is 28.9 Å². The number of likely N-dealkylation sites (tertiary alicyclic amines) is 1. The van der Waals surface area contributed by atoms with Crippen LogP contribution in [0.5, 0.6) is 0 Å². The van der Waals surface area contributed by atoms with Gasteiger partial charge < -0.3 is 19.3 Å². The van der Waals surface area contributed by atoms with Crippen LogP contribution in [0.15, 0.2) is 48.8 Å². The van der Waals surface area contributed by atoms with Crippen LogP contribution in [-0.4, -0.2) is 54.4 Å². The number of carbonyl (C=O) groups excluding carboxylic acids is 1. The Kier molecular flexibility index (Phi) is 5.59. The third kappa shape index (κ3) is 4.03. The second-order valence-electron chi connectivity index (χ2n) is 7.33. The number of aromatic nitrogens is 1. The first kappa shape index (κ1) is 18.9. The van der Waals surface area contributed by atoms with Gasteiger partial charge in [0.15, 0.2) is 5.79 Å². The van der Waals surface area contributed by atoms with Crippen molar-refractivity contribution in [3.63, 3.8) is 0 Å². The van der Waals surface area contributed by atoms with Crippen molar-refractivity contribution in [2.24, 2.45) is 0 Å². The molecule has 1 aromatic heterocycles. The third-order valence-electron chi connectivity index (χ3n) is 5.56. The SMILES string of the molecule is CCN(Cc1ccccc1)c1cncc(C(=O)N2CCC3(CC2)OCCO3)c1. The summed E-state index contributed by atoms with van der Waals surface area (Å²) in [7, 11) is 0. The van der Waals surface area contributed by atoms with Crippen molar-refractivity contribution >= 4 is 11.6 Å². The van der Waals surface area contributed by atoms with Gasteiger partial charge in [-0.2, -0.15) is 0 Å². The molecule has 1 spiro atoms. The molecule has 0 aliphatic carbocycles. The highest BCUT2D eigenvalue weighted by molar-refractivity contribution is 5.94. The van der Waals surface area contributed by atoms with Gasteiger partial charge in [-0.05, 0) is 18.6 Å². The van der Waals surface area contributed by atoms with Crippen molar-refractivity contribution < 1.29 is 14.3 Å². The van der Waals surface area contributed by atoms with Crippen LogP contribution in [0.2, 0.25) is 0 Å². The Bertz CT molecular complexity index is 796. The molecular formula is C22H27N3O3. The minimum absolute atomic E-state index is 0.0259. The van der Waals surface area contributed by atoms with Gasteiger partial charge >= 0.3 is 0 Å². The Morgan fingerprint density at radius 1 is 1.14 bits per heavy atom. The van der Waals surface area contributed by atoms with Crippen LogP contribution in [0.1, 0.15) is 35.7 Å². The molecule has 0 unspecified atom stereocenters. The fourth-order valence-corrected chi connectivity index (χ4v) is 3.93. The molecule has 0 radical (unpaired) electrons. The first-order valence-corrected chi connectivity index (χ1v) is 10.0. The summed E-state index contributed by atoms with van der Waals surface area (Å²) in [6, 6.07) is 12.3. The number of nitrogens with zero attached hydrogens (tertiary/aromatic N) is 3. The lowest BCUT2D eigenvalue weighted by molar-refractivity contribution is -0.181. The number of hydrogen-bond acceptors (Lipinski definition) is 5. The van der Waals surface area contributed by atoms with Crippen LogP contribution in [-0.2, 0) is 16.0 Å². The van der Waals surface area contributed by atoms with Gasteiger partial charge in [0.1, 0.15) is 0 Å². The molecule has 6 nitrogen and oxygen atoms in total. The predicted octanol–water partition coefficient (Wildman–Crippen LogP) is 3.09. The van der Waals surface area contributed by atoms with Gasteiger partial charge in [0, 0.05) is 45.2 Å². The highest BCUT2D eigenvalue weighted by Gasteiger charge is 2.40. The smallest absolute Gasteiger partial charge is 0.255 e. The molecule has 3 heterocycles. The van der Waals surface area contributed by atoms with E-state index in [1.165, 1.54) is 5.56 Å². The van der Waals surface area contributed by atoms with Crippen molar-refractivity contribution in [3.05, 3.63) is 59.9 Å². The van der Waals surface area contributed by atoms with E-state index in [4.69, 9.17) is 9.47 Å². The molecule has 2 aromatic rings. The molecule has 148 valence electrons. The molecule has 0 atom stereocenters. The lowest BCUT2D eigenvalue weighted by Gasteiger charge is -2.37. The fraction of sp³-hybridized carbons (Fsp3) is 0.455. The molecule has 2 saturated heterocycles. The summed E-state index contributed by atoms with van der Waals surface area (Å²) in [4.78, 5) is 21.5. The Hall–Kier alpha value is -2.44. The van der Waals surface area contributed by atoms with Crippen molar-refractivity contribution in [1.82, 2.24) is 9.88 Å². The number of anilines is 1. The van der Waals surface area contributed by atoms with E-state index in [0.29, 0.717) is 31.9 Å². The average Bonchev–Trinajstić information content (AvgIpc) is 3.21. The molecule has 0 bridgehead atoms. The van der Waals surface area contributed by atoms with E-state index in [9.17, 15) is 4.79 Å². The zero-order valence-corrected chi connectivity index (χ0v) is 16.3. The average molecular weight is 381 g/mol. The quantitative estimate of drug-likeness (QED) is 0.797. The topological polar surface area (TPSA) is 54.9 Å².